The van der Waals surface area contributed by atoms with Crippen LogP contribution < -0.4 is 0 Å². The van der Waals surface area contributed by atoms with Crippen molar-refractivity contribution in [2.75, 3.05) is 6.35 Å². The van der Waals surface area contributed by atoms with E-state index in [2.05, 4.69) is 23.1 Å². The van der Waals surface area contributed by atoms with E-state index in [1.807, 2.05) is 0 Å². The minimum atomic E-state index is 0.167. The van der Waals surface area contributed by atoms with Crippen LogP contribution in [0, 0.1) is 0 Å². The predicted octanol–water partition coefficient (Wildman–Crippen LogP) is 1.23. The Morgan fingerprint density at radius 1 is 1.50 bits per heavy atom. The van der Waals surface area contributed by atoms with Gasteiger partial charge in [0.2, 0.25) is 0 Å². The summed E-state index contributed by atoms with van der Waals surface area (Å²) in [4.78, 5) is 0. The summed E-state index contributed by atoms with van der Waals surface area (Å²) in [6.45, 7) is 4.25. The van der Waals surface area contributed by atoms with Crippen LogP contribution in [0.1, 0.15) is 20.3 Å². The van der Waals surface area contributed by atoms with Crippen LogP contribution >= 0.6 is 9.24 Å². The molecule has 2 heteroatoms. The summed E-state index contributed by atoms with van der Waals surface area (Å²) < 4.78 is 0. The largest absolute Gasteiger partial charge is 0.392 e. The molecule has 0 aliphatic carbocycles. The first-order chi connectivity index (χ1) is 2.83. The Morgan fingerprint density at radius 3 is 1.50 bits per heavy atom. The molecular weight excluding hydrogens is 95.0 g/mol. The summed E-state index contributed by atoms with van der Waals surface area (Å²) in [5.74, 6) is 0. The fraction of sp³-hybridized carbons (Fsp3) is 1.00. The topological polar surface area (TPSA) is 20.2 Å². The molecule has 0 spiro atoms. The van der Waals surface area contributed by atoms with Crippen LogP contribution in [0.3, 0.4) is 0 Å². The van der Waals surface area contributed by atoms with Gasteiger partial charge in [-0.3, -0.25) is 0 Å². The van der Waals surface area contributed by atoms with Gasteiger partial charge in [-0.15, -0.1) is 9.24 Å². The summed E-state index contributed by atoms with van der Waals surface area (Å²) >= 11 is 0. The van der Waals surface area contributed by atoms with Crippen molar-refractivity contribution in [1.29, 1.82) is 0 Å². The van der Waals surface area contributed by atoms with Crippen molar-refractivity contribution in [2.24, 2.45) is 0 Å². The zero-order chi connectivity index (χ0) is 5.41. The highest BCUT2D eigenvalue weighted by atomic mass is 31.0. The molecule has 0 heterocycles. The van der Waals surface area contributed by atoms with Gasteiger partial charge < -0.3 is 5.11 Å². The van der Waals surface area contributed by atoms with Crippen LogP contribution in [0.25, 0.3) is 0 Å². The molecule has 1 atom stereocenters. The van der Waals surface area contributed by atoms with Gasteiger partial charge in [0.25, 0.3) is 0 Å². The normalized spacial score (nSPS) is 6.00. The van der Waals surface area contributed by atoms with Crippen molar-refractivity contribution in [3.05, 3.63) is 0 Å². The van der Waals surface area contributed by atoms with E-state index in [9.17, 15) is 0 Å². The lowest BCUT2D eigenvalue weighted by molar-refractivity contribution is 0.375. The molecule has 1 unspecified atom stereocenters. The standard InChI is InChI=1S/C3H8.CH5OP/c1-3-2;2-1-3/h3H2,1-2H3;2H,1,3H2. The Bertz CT molecular complexity index is 9.51. The maximum atomic E-state index is 7.53. The van der Waals surface area contributed by atoms with Gasteiger partial charge in [0, 0.05) is 0 Å². The fourth-order valence-corrected chi connectivity index (χ4v) is 0. The second kappa shape index (κ2) is 18.2. The molecule has 0 aromatic carbocycles. The second-order valence-corrected chi connectivity index (χ2v) is 1.25. The number of aliphatic hydroxyl groups is 1. The van der Waals surface area contributed by atoms with Gasteiger partial charge in [0.05, 0.1) is 6.35 Å². The third-order valence-electron chi connectivity index (χ3n) is 0. The van der Waals surface area contributed by atoms with Crippen molar-refractivity contribution in [2.45, 2.75) is 20.3 Å². The molecule has 0 rings (SSSR count). The summed E-state index contributed by atoms with van der Waals surface area (Å²) in [6.07, 6.45) is 1.42. The Morgan fingerprint density at radius 2 is 1.50 bits per heavy atom. The van der Waals surface area contributed by atoms with Gasteiger partial charge in [-0.25, -0.2) is 0 Å². The summed E-state index contributed by atoms with van der Waals surface area (Å²) in [5.41, 5.74) is 0. The van der Waals surface area contributed by atoms with Gasteiger partial charge in [-0.2, -0.15) is 0 Å². The number of aliphatic hydroxyl groups excluding tert-OH is 1. The Balaban J connectivity index is 0. The molecule has 0 aliphatic heterocycles. The lowest BCUT2D eigenvalue weighted by Gasteiger charge is -1.53. The van der Waals surface area contributed by atoms with Crippen LogP contribution in [0.5, 0.6) is 0 Å². The smallest absolute Gasteiger partial charge is 0.0567 e. The molecule has 0 saturated heterocycles. The molecule has 0 radical (unpaired) electrons. The first-order valence-electron chi connectivity index (χ1n) is 2.14. The molecule has 0 aliphatic rings. The minimum Gasteiger partial charge on any atom is -0.392 e. The summed E-state index contributed by atoms with van der Waals surface area (Å²) in [6, 6.07) is 0. The summed E-state index contributed by atoms with van der Waals surface area (Å²) in [5, 5.41) is 7.53. The molecule has 0 aromatic rings. The maximum Gasteiger partial charge on any atom is 0.0567 e. The Hall–Kier alpha value is 0.390. The average Bonchev–Trinajstić information content (AvgIpc) is 1.39. The third kappa shape index (κ3) is 332. The van der Waals surface area contributed by atoms with Crippen molar-refractivity contribution >= 4 is 9.24 Å². The van der Waals surface area contributed by atoms with Crippen LogP contribution in [0.4, 0.5) is 0 Å². The first-order valence-corrected chi connectivity index (χ1v) is 2.96. The van der Waals surface area contributed by atoms with E-state index in [0.29, 0.717) is 0 Å². The fourth-order valence-electron chi connectivity index (χ4n) is 0. The quantitative estimate of drug-likeness (QED) is 0.463. The monoisotopic (exact) mass is 108 g/mol. The number of rotatable bonds is 0. The molecule has 1 N–H and O–H groups in total. The molecule has 40 valence electrons. The van der Waals surface area contributed by atoms with E-state index in [1.165, 1.54) is 6.42 Å². The number of hydrogen-bond donors (Lipinski definition) is 1. The molecule has 0 amide bonds. The van der Waals surface area contributed by atoms with E-state index in [0.717, 1.165) is 0 Å². The Labute approximate surface area is 42.0 Å². The van der Waals surface area contributed by atoms with Crippen LogP contribution in [-0.2, 0) is 0 Å². The third-order valence-corrected chi connectivity index (χ3v) is 0. The van der Waals surface area contributed by atoms with Gasteiger partial charge >= 0.3 is 0 Å². The Kier molecular flexibility index (Phi) is 29.2. The molecule has 0 saturated carbocycles. The minimum absolute atomic E-state index is 0.167. The van der Waals surface area contributed by atoms with E-state index >= 15 is 0 Å². The van der Waals surface area contributed by atoms with Gasteiger partial charge in [0.15, 0.2) is 0 Å². The molecule has 0 aromatic heterocycles. The lowest BCUT2D eigenvalue weighted by atomic mass is 10.6. The highest BCUT2D eigenvalue weighted by molar-refractivity contribution is 7.16. The van der Waals surface area contributed by atoms with E-state index < -0.39 is 0 Å². The highest BCUT2D eigenvalue weighted by Crippen LogP contribution is 1.63. The van der Waals surface area contributed by atoms with Crippen LogP contribution in [-0.4, -0.2) is 11.5 Å². The van der Waals surface area contributed by atoms with Crippen LogP contribution in [0.2, 0.25) is 0 Å². The SMILES string of the molecule is CCC.OCP. The van der Waals surface area contributed by atoms with E-state index in [1.54, 1.807) is 0 Å². The molecule has 1 nitrogen and oxygen atoms in total. The van der Waals surface area contributed by atoms with Gasteiger partial charge in [-0.05, 0) is 0 Å². The lowest BCUT2D eigenvalue weighted by Crippen LogP contribution is -1.47. The highest BCUT2D eigenvalue weighted by Gasteiger charge is 1.35. The predicted molar refractivity (Wildman–Crippen MR) is 32.8 cm³/mol. The van der Waals surface area contributed by atoms with Crippen molar-refractivity contribution in [1.82, 2.24) is 0 Å². The van der Waals surface area contributed by atoms with Crippen molar-refractivity contribution < 1.29 is 5.11 Å². The molecule has 6 heavy (non-hydrogen) atoms. The summed E-state index contributed by atoms with van der Waals surface area (Å²) in [7, 11) is 2.13. The zero-order valence-corrected chi connectivity index (χ0v) is 5.59. The first kappa shape index (κ1) is 9.63. The molecule has 0 bridgehead atoms. The maximum absolute atomic E-state index is 7.53. The average molecular weight is 108 g/mol. The molecular formula is C4H13OP. The van der Waals surface area contributed by atoms with Gasteiger partial charge in [0.1, 0.15) is 0 Å². The van der Waals surface area contributed by atoms with Crippen molar-refractivity contribution in [3.8, 4) is 0 Å². The van der Waals surface area contributed by atoms with E-state index in [-0.39, 0.29) is 6.35 Å². The number of hydrogen-bond acceptors (Lipinski definition) is 1. The van der Waals surface area contributed by atoms with E-state index in [4.69, 9.17) is 5.11 Å². The van der Waals surface area contributed by atoms with Gasteiger partial charge in [-0.1, -0.05) is 20.3 Å². The molecule has 0 fully saturated rings. The zero-order valence-electron chi connectivity index (χ0n) is 4.44. The van der Waals surface area contributed by atoms with Crippen LogP contribution in [0.15, 0.2) is 0 Å². The second-order valence-electron chi connectivity index (χ2n) is 0.890. The van der Waals surface area contributed by atoms with Crippen molar-refractivity contribution in [3.63, 3.8) is 0 Å².